The highest BCUT2D eigenvalue weighted by Crippen LogP contribution is 2.31. The Bertz CT molecular complexity index is 1220. The van der Waals surface area contributed by atoms with Gasteiger partial charge in [-0.25, -0.2) is 8.42 Å². The number of hydrogen-bond donors (Lipinski definition) is 1. The van der Waals surface area contributed by atoms with Crippen molar-refractivity contribution in [3.63, 3.8) is 0 Å². The van der Waals surface area contributed by atoms with Gasteiger partial charge >= 0.3 is 0 Å². The number of anilines is 1. The highest BCUT2D eigenvalue weighted by molar-refractivity contribution is 7.92. The van der Waals surface area contributed by atoms with Crippen molar-refractivity contribution in [1.29, 1.82) is 5.26 Å². The number of nitrogens with zero attached hydrogens (tertiary/aromatic N) is 1. The Morgan fingerprint density at radius 2 is 1.76 bits per heavy atom. The maximum absolute atomic E-state index is 12.7. The number of sulfonamides is 1. The first-order valence-corrected chi connectivity index (χ1v) is 10.9. The van der Waals surface area contributed by atoms with E-state index in [-0.39, 0.29) is 10.5 Å². The summed E-state index contributed by atoms with van der Waals surface area (Å²) in [4.78, 5) is 0.122. The number of nitriles is 1. The van der Waals surface area contributed by atoms with E-state index in [1.165, 1.54) is 23.3 Å². The fourth-order valence-corrected chi connectivity index (χ4v) is 4.62. The van der Waals surface area contributed by atoms with Gasteiger partial charge in [-0.05, 0) is 78.9 Å². The number of halogens is 1. The molecule has 0 heterocycles. The van der Waals surface area contributed by atoms with E-state index in [9.17, 15) is 13.7 Å². The van der Waals surface area contributed by atoms with Crippen LogP contribution in [-0.4, -0.2) is 8.42 Å². The average Bonchev–Trinajstić information content (AvgIpc) is 3.16. The SMILES string of the molecule is N#Cc1c(Cl)cccc1Oc1ccc(S(=O)(=O)Nc2ccc3c(c2)CCC3)cc1. The Morgan fingerprint density at radius 1 is 1.00 bits per heavy atom. The largest absolute Gasteiger partial charge is 0.456 e. The summed E-state index contributed by atoms with van der Waals surface area (Å²) < 4.78 is 33.7. The summed E-state index contributed by atoms with van der Waals surface area (Å²) in [6.45, 7) is 0. The fourth-order valence-electron chi connectivity index (χ4n) is 3.36. The minimum atomic E-state index is -3.72. The van der Waals surface area contributed by atoms with Gasteiger partial charge in [0.1, 0.15) is 23.1 Å². The standard InChI is InChI=1S/C22H17ClN2O3S/c23-21-5-2-6-22(20(21)14-24)28-18-9-11-19(12-10-18)29(26,27)25-17-8-7-15-3-1-4-16(15)13-17/h2,5-13,25H,1,3-4H2. The van der Waals surface area contributed by atoms with Crippen LogP contribution in [0.15, 0.2) is 65.6 Å². The molecule has 0 amide bonds. The van der Waals surface area contributed by atoms with Gasteiger partial charge in [-0.2, -0.15) is 5.26 Å². The number of ether oxygens (including phenoxy) is 1. The third-order valence-electron chi connectivity index (χ3n) is 4.80. The van der Waals surface area contributed by atoms with Crippen molar-refractivity contribution in [1.82, 2.24) is 0 Å². The molecule has 1 N–H and O–H groups in total. The summed E-state index contributed by atoms with van der Waals surface area (Å²) in [5.41, 5.74) is 3.27. The number of rotatable bonds is 5. The molecule has 0 saturated heterocycles. The summed E-state index contributed by atoms with van der Waals surface area (Å²) in [6.07, 6.45) is 3.13. The van der Waals surface area contributed by atoms with Crippen LogP contribution in [0.1, 0.15) is 23.1 Å². The predicted molar refractivity (Wildman–Crippen MR) is 112 cm³/mol. The van der Waals surface area contributed by atoms with Crippen molar-refractivity contribution < 1.29 is 13.2 Å². The Balaban J connectivity index is 1.53. The second-order valence-electron chi connectivity index (χ2n) is 6.74. The van der Waals surface area contributed by atoms with Crippen molar-refractivity contribution in [2.45, 2.75) is 24.2 Å². The molecular formula is C22H17ClN2O3S. The van der Waals surface area contributed by atoms with E-state index >= 15 is 0 Å². The van der Waals surface area contributed by atoms with Gasteiger partial charge in [-0.15, -0.1) is 0 Å². The predicted octanol–water partition coefficient (Wildman–Crippen LogP) is 5.29. The van der Waals surface area contributed by atoms with Crippen LogP contribution in [0.2, 0.25) is 5.02 Å². The van der Waals surface area contributed by atoms with Crippen LogP contribution in [-0.2, 0) is 22.9 Å². The zero-order valence-corrected chi connectivity index (χ0v) is 16.9. The van der Waals surface area contributed by atoms with Crippen molar-refractivity contribution in [2.24, 2.45) is 0 Å². The summed E-state index contributed by atoms with van der Waals surface area (Å²) >= 11 is 6.00. The van der Waals surface area contributed by atoms with Crippen LogP contribution in [0.5, 0.6) is 11.5 Å². The van der Waals surface area contributed by atoms with E-state index < -0.39 is 10.0 Å². The van der Waals surface area contributed by atoms with Crippen LogP contribution in [0, 0.1) is 11.3 Å². The topological polar surface area (TPSA) is 79.2 Å². The van der Waals surface area contributed by atoms with E-state index in [4.69, 9.17) is 16.3 Å². The smallest absolute Gasteiger partial charge is 0.261 e. The first kappa shape index (κ1) is 19.3. The molecule has 0 fully saturated rings. The molecule has 1 aliphatic carbocycles. The van der Waals surface area contributed by atoms with Gasteiger partial charge < -0.3 is 4.74 Å². The van der Waals surface area contributed by atoms with Gasteiger partial charge in [0.2, 0.25) is 0 Å². The lowest BCUT2D eigenvalue weighted by Gasteiger charge is -2.11. The molecule has 3 aromatic carbocycles. The highest BCUT2D eigenvalue weighted by Gasteiger charge is 2.17. The Hall–Kier alpha value is -3.01. The molecule has 29 heavy (non-hydrogen) atoms. The molecule has 0 radical (unpaired) electrons. The van der Waals surface area contributed by atoms with Gasteiger partial charge in [-0.1, -0.05) is 23.7 Å². The Kier molecular flexibility index (Phi) is 5.18. The number of hydrogen-bond acceptors (Lipinski definition) is 4. The van der Waals surface area contributed by atoms with Gasteiger partial charge in [0.05, 0.1) is 9.92 Å². The van der Waals surface area contributed by atoms with E-state index in [2.05, 4.69) is 4.72 Å². The Morgan fingerprint density at radius 3 is 2.52 bits per heavy atom. The van der Waals surface area contributed by atoms with Crippen LogP contribution >= 0.6 is 11.6 Å². The first-order valence-electron chi connectivity index (χ1n) is 9.07. The molecule has 3 aromatic rings. The first-order chi connectivity index (χ1) is 14.0. The molecule has 4 rings (SSSR count). The molecule has 0 atom stereocenters. The maximum Gasteiger partial charge on any atom is 0.261 e. The van der Waals surface area contributed by atoms with Gasteiger partial charge in [0, 0.05) is 5.69 Å². The third kappa shape index (κ3) is 4.07. The lowest BCUT2D eigenvalue weighted by molar-refractivity contribution is 0.480. The average molecular weight is 425 g/mol. The molecule has 1 aliphatic rings. The zero-order valence-electron chi connectivity index (χ0n) is 15.4. The number of nitrogens with one attached hydrogen (secondary N) is 1. The minimum Gasteiger partial charge on any atom is -0.456 e. The van der Waals surface area contributed by atoms with Crippen molar-refractivity contribution in [3.05, 3.63) is 82.4 Å². The zero-order chi connectivity index (χ0) is 20.4. The third-order valence-corrected chi connectivity index (χ3v) is 6.51. The second-order valence-corrected chi connectivity index (χ2v) is 8.83. The molecule has 7 heteroatoms. The maximum atomic E-state index is 12.7. The molecule has 0 bridgehead atoms. The molecule has 0 aromatic heterocycles. The fraction of sp³-hybridized carbons (Fsp3) is 0.136. The van der Waals surface area contributed by atoms with Crippen molar-refractivity contribution in [3.8, 4) is 17.6 Å². The number of benzene rings is 3. The van der Waals surface area contributed by atoms with E-state index in [1.54, 1.807) is 36.4 Å². The molecule has 0 spiro atoms. The summed E-state index contributed by atoms with van der Waals surface area (Å²) in [6, 6.07) is 18.6. The molecule has 0 unspecified atom stereocenters. The molecule has 146 valence electrons. The van der Waals surface area contributed by atoms with Crippen molar-refractivity contribution in [2.75, 3.05) is 4.72 Å². The lowest BCUT2D eigenvalue weighted by Crippen LogP contribution is -2.13. The molecule has 0 aliphatic heterocycles. The summed E-state index contributed by atoms with van der Waals surface area (Å²) in [7, 11) is -3.72. The second kappa shape index (κ2) is 7.78. The van der Waals surface area contributed by atoms with Gasteiger partial charge in [0.25, 0.3) is 10.0 Å². The quantitative estimate of drug-likeness (QED) is 0.603. The van der Waals surface area contributed by atoms with Crippen LogP contribution in [0.4, 0.5) is 5.69 Å². The monoisotopic (exact) mass is 424 g/mol. The number of aryl methyl sites for hydroxylation is 2. The molecule has 0 saturated carbocycles. The number of fused-ring (bicyclic) bond motifs is 1. The molecular weight excluding hydrogens is 408 g/mol. The van der Waals surface area contributed by atoms with Gasteiger partial charge in [0.15, 0.2) is 0 Å². The van der Waals surface area contributed by atoms with E-state index in [1.807, 2.05) is 18.2 Å². The van der Waals surface area contributed by atoms with Crippen LogP contribution in [0.25, 0.3) is 0 Å². The highest BCUT2D eigenvalue weighted by atomic mass is 35.5. The van der Waals surface area contributed by atoms with E-state index in [0.717, 1.165) is 19.3 Å². The van der Waals surface area contributed by atoms with Crippen molar-refractivity contribution >= 4 is 27.3 Å². The van der Waals surface area contributed by atoms with Crippen LogP contribution in [0.3, 0.4) is 0 Å². The lowest BCUT2D eigenvalue weighted by atomic mass is 10.1. The Labute approximate surface area is 174 Å². The van der Waals surface area contributed by atoms with Gasteiger partial charge in [-0.3, -0.25) is 4.72 Å². The minimum absolute atomic E-state index is 0.122. The molecule has 5 nitrogen and oxygen atoms in total. The normalized spacial score (nSPS) is 12.8. The van der Waals surface area contributed by atoms with Crippen LogP contribution < -0.4 is 9.46 Å². The summed E-state index contributed by atoms with van der Waals surface area (Å²) in [5.74, 6) is 0.715. The van der Waals surface area contributed by atoms with E-state index in [0.29, 0.717) is 22.2 Å². The summed E-state index contributed by atoms with van der Waals surface area (Å²) in [5, 5.41) is 9.52.